The molecule has 0 fully saturated rings. The van der Waals surface area contributed by atoms with Crippen LogP contribution in [0.15, 0.2) is 0 Å². The van der Waals surface area contributed by atoms with Crippen molar-refractivity contribution in [3.8, 4) is 0 Å². The number of rotatable bonds is 67. The highest BCUT2D eigenvalue weighted by Gasteiger charge is 2.31. The molecule has 20 nitrogen and oxygen atoms in total. The van der Waals surface area contributed by atoms with Crippen LogP contribution in [0, 0.1) is 5.92 Å². The first-order valence-corrected chi connectivity index (χ1v) is 37.2. The van der Waals surface area contributed by atoms with E-state index in [0.717, 1.165) is 70.6 Å². The Morgan fingerprint density at radius 3 is 1.12 bits per heavy atom. The molecular weight excluding hydrogens is 1180 g/mol. The van der Waals surface area contributed by atoms with E-state index in [1.807, 2.05) is 5.32 Å². The van der Waals surface area contributed by atoms with Crippen LogP contribution in [0.4, 0.5) is 0 Å². The number of carbonyl (C=O) groups is 10. The van der Waals surface area contributed by atoms with E-state index in [9.17, 15) is 53.1 Å². The Morgan fingerprint density at radius 2 is 0.714 bits per heavy atom. The van der Waals surface area contributed by atoms with Gasteiger partial charge in [-0.05, 0) is 37.4 Å². The number of unbranched alkanes of at least 4 members (excludes halogenated alkanes) is 36. The quantitative estimate of drug-likeness (QED) is 0.0253. The van der Waals surface area contributed by atoms with Gasteiger partial charge in [0.1, 0.15) is 35.7 Å². The summed E-state index contributed by atoms with van der Waals surface area (Å²) in [5.41, 5.74) is 5.54. The van der Waals surface area contributed by atoms with Gasteiger partial charge in [0.2, 0.25) is 41.4 Å². The standard InChI is InChI=1S/C70H129N7O13S/c1-4-7-10-13-16-19-22-25-28-31-34-37-40-43-57(80)47-46-56(48-58(81)44-41-38-35-32-29-26-23-20-17-14-11-8-5-2)54-91-55-62(75-64(83)45-42-39-36-33-30-27-24-21-18-15-12-9-6-3)69(88)76-59(49-63(71)82)68(87)77-60(52-78)67(86)73-50-65(84)72-51-66(85)74-61(53-79)70(89)90/h56,59-62,78-79H,4-55H2,1-3H3,(H2,71,82)(H,72,84)(H,73,86)(H,74,85)(H,75,83)(H,76,88)(H,77,87)(H,89,90)/t56-,59+,60-,61-,62+/m0/s1. The highest BCUT2D eigenvalue weighted by Crippen LogP contribution is 2.23. The van der Waals surface area contributed by atoms with E-state index < -0.39 is 98.3 Å². The summed E-state index contributed by atoms with van der Waals surface area (Å²) in [6.07, 6.45) is 47.5. The van der Waals surface area contributed by atoms with Crippen molar-refractivity contribution in [3.05, 3.63) is 0 Å². The molecule has 91 heavy (non-hydrogen) atoms. The van der Waals surface area contributed by atoms with Crippen LogP contribution >= 0.6 is 11.8 Å². The van der Waals surface area contributed by atoms with Gasteiger partial charge < -0.3 is 53.0 Å². The zero-order chi connectivity index (χ0) is 67.4. The van der Waals surface area contributed by atoms with Gasteiger partial charge >= 0.3 is 5.97 Å². The van der Waals surface area contributed by atoms with Crippen LogP contribution in [0.5, 0.6) is 0 Å². The summed E-state index contributed by atoms with van der Waals surface area (Å²) in [5, 5.41) is 42.2. The molecule has 11 N–H and O–H groups in total. The zero-order valence-electron chi connectivity index (χ0n) is 57.1. The van der Waals surface area contributed by atoms with Gasteiger partial charge in [-0.15, -0.1) is 0 Å². The first-order valence-electron chi connectivity index (χ1n) is 36.1. The maximum atomic E-state index is 14.3. The third-order valence-electron chi connectivity index (χ3n) is 16.8. The average molecular weight is 1310 g/mol. The zero-order valence-corrected chi connectivity index (χ0v) is 57.9. The Labute approximate surface area is 553 Å². The minimum Gasteiger partial charge on any atom is -0.480 e. The van der Waals surface area contributed by atoms with Gasteiger partial charge in [0, 0.05) is 37.9 Å². The molecule has 0 bridgehead atoms. The third kappa shape index (κ3) is 53.4. The largest absolute Gasteiger partial charge is 0.480 e. The number of primary amides is 1. The number of aliphatic hydroxyl groups is 2. The number of Topliss-reactive ketones (excluding diaryl/α,β-unsaturated/α-hetero) is 2. The monoisotopic (exact) mass is 1310 g/mol. The molecule has 0 aliphatic rings. The van der Waals surface area contributed by atoms with E-state index in [1.54, 1.807) is 0 Å². The van der Waals surface area contributed by atoms with Crippen LogP contribution < -0.4 is 37.6 Å². The van der Waals surface area contributed by atoms with Crippen molar-refractivity contribution >= 4 is 70.6 Å². The summed E-state index contributed by atoms with van der Waals surface area (Å²) in [6, 6.07) is -6.21. The van der Waals surface area contributed by atoms with Crippen molar-refractivity contribution in [3.63, 3.8) is 0 Å². The molecule has 0 radical (unpaired) electrons. The highest BCUT2D eigenvalue weighted by molar-refractivity contribution is 7.99. The van der Waals surface area contributed by atoms with Crippen molar-refractivity contribution in [2.45, 2.75) is 340 Å². The van der Waals surface area contributed by atoms with Crippen LogP contribution in [-0.2, 0) is 47.9 Å². The summed E-state index contributed by atoms with van der Waals surface area (Å²) >= 11 is 1.35. The van der Waals surface area contributed by atoms with Crippen LogP contribution in [0.1, 0.15) is 316 Å². The number of hydrogen-bond acceptors (Lipinski definition) is 13. The highest BCUT2D eigenvalue weighted by atomic mass is 32.2. The number of aliphatic carboxylic acids is 1. The topological polar surface area (TPSA) is 330 Å². The van der Waals surface area contributed by atoms with E-state index >= 15 is 0 Å². The molecule has 0 saturated heterocycles. The Morgan fingerprint density at radius 1 is 0.352 bits per heavy atom. The summed E-state index contributed by atoms with van der Waals surface area (Å²) in [7, 11) is 0. The molecule has 0 aromatic carbocycles. The number of aliphatic hydroxyl groups excluding tert-OH is 2. The number of nitrogens with two attached hydrogens (primary N) is 1. The lowest BCUT2D eigenvalue weighted by atomic mass is 9.94. The fourth-order valence-corrected chi connectivity index (χ4v) is 12.3. The first-order chi connectivity index (χ1) is 44.0. The fraction of sp³-hybridized carbons (Fsp3) is 0.857. The van der Waals surface area contributed by atoms with Crippen molar-refractivity contribution in [2.75, 3.05) is 37.8 Å². The Hall–Kier alpha value is -4.63. The van der Waals surface area contributed by atoms with E-state index in [-0.39, 0.29) is 42.0 Å². The summed E-state index contributed by atoms with van der Waals surface area (Å²) in [4.78, 5) is 130. The molecule has 0 aliphatic heterocycles. The lowest BCUT2D eigenvalue weighted by molar-refractivity contribution is -0.142. The molecule has 0 rings (SSSR count). The molecule has 0 spiro atoms. The van der Waals surface area contributed by atoms with E-state index in [4.69, 9.17) is 15.9 Å². The Balaban J connectivity index is 6.04. The van der Waals surface area contributed by atoms with Crippen molar-refractivity contribution in [1.82, 2.24) is 31.9 Å². The Kier molecular flexibility index (Phi) is 58.4. The summed E-state index contributed by atoms with van der Waals surface area (Å²) in [5.74, 6) is -7.15. The smallest absolute Gasteiger partial charge is 0.328 e. The first kappa shape index (κ1) is 86.4. The molecule has 0 unspecified atom stereocenters. The molecule has 0 heterocycles. The van der Waals surface area contributed by atoms with Gasteiger partial charge in [-0.1, -0.05) is 252 Å². The minimum absolute atomic E-state index is 0.0184. The van der Waals surface area contributed by atoms with E-state index in [2.05, 4.69) is 47.4 Å². The van der Waals surface area contributed by atoms with Gasteiger partial charge in [0.25, 0.3) is 0 Å². The van der Waals surface area contributed by atoms with Crippen LogP contribution in [0.2, 0.25) is 0 Å². The van der Waals surface area contributed by atoms with E-state index in [0.29, 0.717) is 37.9 Å². The fourth-order valence-electron chi connectivity index (χ4n) is 11.1. The maximum absolute atomic E-state index is 14.3. The number of carbonyl (C=O) groups excluding carboxylic acids is 9. The van der Waals surface area contributed by atoms with Crippen molar-refractivity contribution in [2.24, 2.45) is 11.7 Å². The summed E-state index contributed by atoms with van der Waals surface area (Å²) in [6.45, 7) is 3.37. The second-order valence-electron chi connectivity index (χ2n) is 25.4. The molecule has 0 saturated carbocycles. The normalized spacial score (nSPS) is 12.9. The third-order valence-corrected chi connectivity index (χ3v) is 18.1. The van der Waals surface area contributed by atoms with Gasteiger partial charge in [0.15, 0.2) is 0 Å². The number of thioether (sulfide) groups is 1. The molecule has 528 valence electrons. The maximum Gasteiger partial charge on any atom is 0.328 e. The number of ketones is 2. The molecule has 21 heteroatoms. The summed E-state index contributed by atoms with van der Waals surface area (Å²) < 4.78 is 0. The second kappa shape index (κ2) is 61.5. The SMILES string of the molecule is CCCCCCCCCCCCCCCC(=O)CC[C@H](CSC[C@@H](NC(=O)CCCCCCCCCCCCCCC)C(=O)N[C@H](CC(N)=O)C(=O)N[C@@H](CO)C(=O)NCC(=O)NCC(=O)N[C@@H](CO)C(=O)O)CC(=O)CCCCCCCCCCCCCCC. The van der Waals surface area contributed by atoms with E-state index in [1.165, 1.54) is 185 Å². The number of hydrogen-bond donors (Lipinski definition) is 10. The lowest BCUT2D eigenvalue weighted by Gasteiger charge is -2.25. The Bertz CT molecular complexity index is 1950. The van der Waals surface area contributed by atoms with Gasteiger partial charge in [-0.25, -0.2) is 4.79 Å². The average Bonchev–Trinajstić information content (AvgIpc) is 2.35. The minimum atomic E-state index is -1.70. The van der Waals surface area contributed by atoms with Gasteiger partial charge in [-0.3, -0.25) is 43.2 Å². The molecule has 0 aromatic rings. The van der Waals surface area contributed by atoms with Crippen molar-refractivity contribution < 1.29 is 63.3 Å². The molecule has 0 aromatic heterocycles. The molecule has 0 aliphatic carbocycles. The number of carboxylic acid groups (broad SMARTS) is 1. The van der Waals surface area contributed by atoms with Crippen LogP contribution in [-0.4, -0.2) is 136 Å². The second-order valence-corrected chi connectivity index (χ2v) is 26.5. The lowest BCUT2D eigenvalue weighted by Crippen LogP contribution is -2.59. The number of amides is 7. The molecular formula is C70H129N7O13S. The van der Waals surface area contributed by atoms with Crippen LogP contribution in [0.3, 0.4) is 0 Å². The molecule has 7 amide bonds. The van der Waals surface area contributed by atoms with Gasteiger partial charge in [0.05, 0.1) is 32.7 Å². The predicted octanol–water partition coefficient (Wildman–Crippen LogP) is 11.2. The van der Waals surface area contributed by atoms with Crippen LogP contribution in [0.25, 0.3) is 0 Å². The predicted molar refractivity (Wildman–Crippen MR) is 365 cm³/mol. The van der Waals surface area contributed by atoms with Crippen molar-refractivity contribution in [1.29, 1.82) is 0 Å². The number of carboxylic acids is 1. The number of nitrogens with one attached hydrogen (secondary N) is 6. The molecule has 5 atom stereocenters. The van der Waals surface area contributed by atoms with Gasteiger partial charge in [-0.2, -0.15) is 11.8 Å².